The Kier molecular flexibility index (Phi) is 7.97. The molecule has 1 atom stereocenters. The van der Waals surface area contributed by atoms with Gasteiger partial charge in [0.05, 0.1) is 11.6 Å². The number of nitrogens with one attached hydrogen (secondary N) is 3. The quantitative estimate of drug-likeness (QED) is 0.442. The smallest absolute Gasteiger partial charge is 0.475 e. The van der Waals surface area contributed by atoms with Crippen LogP contribution in [-0.4, -0.2) is 44.7 Å². The number of aromatic nitrogens is 3. The van der Waals surface area contributed by atoms with Gasteiger partial charge >= 0.3 is 12.1 Å². The van der Waals surface area contributed by atoms with E-state index < -0.39 is 12.1 Å². The standard InChI is InChI=1S/C21H21N5O2.C2HF3O2/c1-13(14-2-4-15(5-3-14)16-9-23-12-24-10-16)25-21(28)17-8-20(27)26-19-6-7-22-11-18(17)19;3-2(4,5)1(6)7/h2-5,8-10,12-13,22H,6-7,11H2,1H3,(H,25,28)(H,26,27);(H,6,7). The van der Waals surface area contributed by atoms with E-state index in [1.54, 1.807) is 12.4 Å². The van der Waals surface area contributed by atoms with Gasteiger partial charge < -0.3 is 20.7 Å². The van der Waals surface area contributed by atoms with Crippen LogP contribution in [0.4, 0.5) is 13.2 Å². The Balaban J connectivity index is 0.000000429. The highest BCUT2D eigenvalue weighted by molar-refractivity contribution is 5.96. The molecule has 1 aromatic carbocycles. The first-order chi connectivity index (χ1) is 16.6. The molecule has 9 nitrogen and oxygen atoms in total. The van der Waals surface area contributed by atoms with Crippen molar-refractivity contribution in [2.24, 2.45) is 0 Å². The number of hydrogen-bond donors (Lipinski definition) is 4. The second kappa shape index (κ2) is 10.9. The normalized spacial score (nSPS) is 13.6. The van der Waals surface area contributed by atoms with Crippen LogP contribution in [0.25, 0.3) is 11.1 Å². The predicted octanol–water partition coefficient (Wildman–Crippen LogP) is 2.60. The fourth-order valence-electron chi connectivity index (χ4n) is 3.46. The van der Waals surface area contributed by atoms with E-state index in [0.717, 1.165) is 34.5 Å². The number of hydrogen-bond acceptors (Lipinski definition) is 6. The summed E-state index contributed by atoms with van der Waals surface area (Å²) in [6, 6.07) is 9.10. The predicted molar refractivity (Wildman–Crippen MR) is 120 cm³/mol. The molecule has 0 aliphatic carbocycles. The number of carbonyl (C=O) groups is 2. The third kappa shape index (κ3) is 6.73. The SMILES string of the molecule is CC(NC(=O)c1cc(=O)[nH]c2c1CNCC2)c1ccc(-c2cncnc2)cc1.O=C(O)C(F)(F)F. The average molecular weight is 489 g/mol. The largest absolute Gasteiger partial charge is 0.490 e. The molecule has 1 unspecified atom stereocenters. The molecule has 0 fully saturated rings. The topological polar surface area (TPSA) is 137 Å². The molecule has 0 spiro atoms. The van der Waals surface area contributed by atoms with Gasteiger partial charge in [-0.25, -0.2) is 14.8 Å². The average Bonchev–Trinajstić information content (AvgIpc) is 2.84. The van der Waals surface area contributed by atoms with Crippen LogP contribution in [0.3, 0.4) is 0 Å². The molecule has 2 aromatic heterocycles. The first kappa shape index (κ1) is 25.6. The fraction of sp³-hybridized carbons (Fsp3) is 0.261. The molecule has 3 aromatic rings. The molecule has 1 amide bonds. The van der Waals surface area contributed by atoms with E-state index in [2.05, 4.69) is 25.6 Å². The number of halogens is 3. The van der Waals surface area contributed by atoms with Gasteiger partial charge in [-0.15, -0.1) is 0 Å². The van der Waals surface area contributed by atoms with Crippen molar-refractivity contribution in [3.8, 4) is 11.1 Å². The maximum absolute atomic E-state index is 12.8. The molecule has 35 heavy (non-hydrogen) atoms. The zero-order valence-corrected chi connectivity index (χ0v) is 18.5. The number of aliphatic carboxylic acids is 1. The Hall–Kier alpha value is -4.06. The van der Waals surface area contributed by atoms with E-state index >= 15 is 0 Å². The van der Waals surface area contributed by atoms with Gasteiger partial charge in [0.2, 0.25) is 5.56 Å². The van der Waals surface area contributed by atoms with E-state index in [1.807, 2.05) is 31.2 Å². The first-order valence-electron chi connectivity index (χ1n) is 10.5. The van der Waals surface area contributed by atoms with Crippen LogP contribution in [0.1, 0.15) is 40.1 Å². The number of benzene rings is 1. The molecule has 4 rings (SSSR count). The fourth-order valence-corrected chi connectivity index (χ4v) is 3.46. The second-order valence-corrected chi connectivity index (χ2v) is 7.68. The van der Waals surface area contributed by atoms with Gasteiger partial charge in [0.15, 0.2) is 0 Å². The number of carbonyl (C=O) groups excluding carboxylic acids is 1. The van der Waals surface area contributed by atoms with Crippen LogP contribution in [0.5, 0.6) is 0 Å². The van der Waals surface area contributed by atoms with Crippen molar-refractivity contribution in [3.05, 3.63) is 81.8 Å². The van der Waals surface area contributed by atoms with Crippen molar-refractivity contribution in [2.75, 3.05) is 6.54 Å². The molecule has 0 saturated carbocycles. The van der Waals surface area contributed by atoms with Gasteiger partial charge in [-0.1, -0.05) is 24.3 Å². The maximum atomic E-state index is 12.8. The highest BCUT2D eigenvalue weighted by Crippen LogP contribution is 2.22. The van der Waals surface area contributed by atoms with Crippen molar-refractivity contribution in [1.29, 1.82) is 0 Å². The highest BCUT2D eigenvalue weighted by Gasteiger charge is 2.38. The number of alkyl halides is 3. The molecule has 1 aliphatic rings. The molecule has 12 heteroatoms. The molecule has 184 valence electrons. The monoisotopic (exact) mass is 489 g/mol. The summed E-state index contributed by atoms with van der Waals surface area (Å²) < 4.78 is 31.7. The first-order valence-corrected chi connectivity index (χ1v) is 10.5. The van der Waals surface area contributed by atoms with E-state index in [9.17, 15) is 22.8 Å². The zero-order valence-electron chi connectivity index (χ0n) is 18.5. The van der Waals surface area contributed by atoms with Crippen LogP contribution in [0.15, 0.2) is 53.8 Å². The Morgan fingerprint density at radius 3 is 2.34 bits per heavy atom. The number of rotatable bonds is 4. The summed E-state index contributed by atoms with van der Waals surface area (Å²) in [5.74, 6) is -2.99. The van der Waals surface area contributed by atoms with E-state index in [0.29, 0.717) is 18.5 Å². The van der Waals surface area contributed by atoms with Gasteiger partial charge in [-0.3, -0.25) is 9.59 Å². The third-order valence-corrected chi connectivity index (χ3v) is 5.23. The van der Waals surface area contributed by atoms with Gasteiger partial charge in [0.1, 0.15) is 6.33 Å². The van der Waals surface area contributed by atoms with Crippen molar-refractivity contribution in [2.45, 2.75) is 32.1 Å². The Morgan fingerprint density at radius 1 is 1.11 bits per heavy atom. The molecular weight excluding hydrogens is 467 g/mol. The molecular formula is C23H22F3N5O4. The highest BCUT2D eigenvalue weighted by atomic mass is 19.4. The summed E-state index contributed by atoms with van der Waals surface area (Å²) >= 11 is 0. The Morgan fingerprint density at radius 2 is 1.74 bits per heavy atom. The van der Waals surface area contributed by atoms with Crippen molar-refractivity contribution < 1.29 is 27.9 Å². The molecule has 3 heterocycles. The van der Waals surface area contributed by atoms with Crippen LogP contribution in [0, 0.1) is 0 Å². The van der Waals surface area contributed by atoms with Gasteiger partial charge in [0.25, 0.3) is 5.91 Å². The lowest BCUT2D eigenvalue weighted by Gasteiger charge is -2.21. The molecule has 1 aliphatic heterocycles. The summed E-state index contributed by atoms with van der Waals surface area (Å²) in [6.45, 7) is 3.30. The Bertz CT molecular complexity index is 1240. The maximum Gasteiger partial charge on any atom is 0.490 e. The summed E-state index contributed by atoms with van der Waals surface area (Å²) in [7, 11) is 0. The number of carboxylic acid groups (broad SMARTS) is 1. The van der Waals surface area contributed by atoms with Gasteiger partial charge in [-0.2, -0.15) is 13.2 Å². The number of carboxylic acids is 1. The van der Waals surface area contributed by atoms with Crippen molar-refractivity contribution in [3.63, 3.8) is 0 Å². The number of aromatic amines is 1. The van der Waals surface area contributed by atoms with Crippen molar-refractivity contribution >= 4 is 11.9 Å². The van der Waals surface area contributed by atoms with Crippen molar-refractivity contribution in [1.82, 2.24) is 25.6 Å². The van der Waals surface area contributed by atoms with Gasteiger partial charge in [-0.05, 0) is 23.6 Å². The second-order valence-electron chi connectivity index (χ2n) is 7.68. The van der Waals surface area contributed by atoms with Crippen LogP contribution >= 0.6 is 0 Å². The van der Waals surface area contributed by atoms with Crippen LogP contribution < -0.4 is 16.2 Å². The minimum absolute atomic E-state index is 0.194. The molecule has 4 N–H and O–H groups in total. The third-order valence-electron chi connectivity index (χ3n) is 5.23. The number of pyridine rings is 1. The Labute approximate surface area is 197 Å². The summed E-state index contributed by atoms with van der Waals surface area (Å²) in [5, 5.41) is 13.4. The minimum atomic E-state index is -5.08. The van der Waals surface area contributed by atoms with E-state index in [1.165, 1.54) is 12.4 Å². The minimum Gasteiger partial charge on any atom is -0.475 e. The summed E-state index contributed by atoms with van der Waals surface area (Å²) in [4.78, 5) is 44.6. The molecule has 0 bridgehead atoms. The van der Waals surface area contributed by atoms with E-state index in [-0.39, 0.29) is 17.5 Å². The molecule has 0 saturated heterocycles. The lowest BCUT2D eigenvalue weighted by molar-refractivity contribution is -0.192. The number of H-pyrrole nitrogens is 1. The van der Waals surface area contributed by atoms with E-state index in [4.69, 9.17) is 9.90 Å². The number of nitrogens with zero attached hydrogens (tertiary/aromatic N) is 2. The number of amides is 1. The van der Waals surface area contributed by atoms with Crippen LogP contribution in [0.2, 0.25) is 0 Å². The molecule has 0 radical (unpaired) electrons. The summed E-state index contributed by atoms with van der Waals surface area (Å²) in [5.41, 5.74) is 4.84. The lowest BCUT2D eigenvalue weighted by Crippen LogP contribution is -2.33. The zero-order chi connectivity index (χ0) is 25.6. The lowest BCUT2D eigenvalue weighted by atomic mass is 9.99. The number of fused-ring (bicyclic) bond motifs is 1. The summed E-state index contributed by atoms with van der Waals surface area (Å²) in [6.07, 6.45) is 0.652. The van der Waals surface area contributed by atoms with Gasteiger partial charge in [0, 0.05) is 49.2 Å². The van der Waals surface area contributed by atoms with Crippen LogP contribution in [-0.2, 0) is 17.8 Å².